The van der Waals surface area contributed by atoms with Gasteiger partial charge in [0.2, 0.25) is 0 Å². The van der Waals surface area contributed by atoms with Gasteiger partial charge >= 0.3 is 5.69 Å². The van der Waals surface area contributed by atoms with Gasteiger partial charge in [-0.25, -0.2) is 18.7 Å². The largest absolute Gasteiger partial charge is 0.369 e. The summed E-state index contributed by atoms with van der Waals surface area (Å²) in [5.74, 6) is -0.419. The number of rotatable bonds is 4. The summed E-state index contributed by atoms with van der Waals surface area (Å²) in [6, 6.07) is 5.78. The van der Waals surface area contributed by atoms with Crippen molar-refractivity contribution in [2.75, 3.05) is 14.1 Å². The molecule has 6 nitrogen and oxygen atoms in total. The summed E-state index contributed by atoms with van der Waals surface area (Å²) in [6.45, 7) is 1.77. The van der Waals surface area contributed by atoms with Gasteiger partial charge in [0.1, 0.15) is 11.6 Å². The molecule has 1 aromatic heterocycles. The first-order chi connectivity index (χ1) is 11.4. The van der Waals surface area contributed by atoms with E-state index >= 15 is 0 Å². The van der Waals surface area contributed by atoms with Crippen LogP contribution in [0.3, 0.4) is 0 Å². The third-order valence-corrected chi connectivity index (χ3v) is 3.79. The maximum Gasteiger partial charge on any atom is 0.337 e. The Morgan fingerprint density at radius 3 is 2.54 bits per heavy atom. The van der Waals surface area contributed by atoms with Gasteiger partial charge in [-0.05, 0) is 37.5 Å². The lowest BCUT2D eigenvalue weighted by Crippen LogP contribution is -2.38. The molecule has 1 aromatic carbocycles. The second-order valence-corrected chi connectivity index (χ2v) is 6.22. The SMILES string of the molecule is Cc1ccc(-n2c(N=CN(C)C)cc(=O)n(C3CC3)c2=O)c(F)c1. The molecule has 1 aliphatic carbocycles. The summed E-state index contributed by atoms with van der Waals surface area (Å²) in [7, 11) is 3.54. The van der Waals surface area contributed by atoms with Crippen LogP contribution < -0.4 is 11.2 Å². The first-order valence-electron chi connectivity index (χ1n) is 7.74. The standard InChI is InChI=1S/C17H19FN4O2/c1-11-4-7-14(13(18)8-11)22-15(19-10-20(2)3)9-16(23)21(17(22)24)12-5-6-12/h4,7-10,12H,5-6H2,1-3H3. The average Bonchev–Trinajstić information content (AvgIpc) is 3.31. The van der Waals surface area contributed by atoms with Gasteiger partial charge in [-0.3, -0.25) is 9.36 Å². The summed E-state index contributed by atoms with van der Waals surface area (Å²) >= 11 is 0. The quantitative estimate of drug-likeness (QED) is 0.636. The molecule has 0 spiro atoms. The minimum atomic E-state index is -0.557. The molecule has 0 atom stereocenters. The third-order valence-electron chi connectivity index (χ3n) is 3.79. The number of hydrogen-bond acceptors (Lipinski definition) is 3. The highest BCUT2D eigenvalue weighted by Gasteiger charge is 2.28. The van der Waals surface area contributed by atoms with E-state index in [0.717, 1.165) is 23.0 Å². The van der Waals surface area contributed by atoms with Crippen molar-refractivity contribution in [3.05, 3.63) is 56.5 Å². The predicted molar refractivity (Wildman–Crippen MR) is 91.1 cm³/mol. The Morgan fingerprint density at radius 1 is 1.25 bits per heavy atom. The van der Waals surface area contributed by atoms with E-state index in [1.165, 1.54) is 29.1 Å². The van der Waals surface area contributed by atoms with Crippen LogP contribution in [0.2, 0.25) is 0 Å². The van der Waals surface area contributed by atoms with Crippen LogP contribution in [0.1, 0.15) is 24.4 Å². The van der Waals surface area contributed by atoms with Crippen LogP contribution >= 0.6 is 0 Å². The number of benzene rings is 1. The van der Waals surface area contributed by atoms with E-state index in [4.69, 9.17) is 0 Å². The van der Waals surface area contributed by atoms with Crippen LogP contribution in [-0.4, -0.2) is 34.5 Å². The van der Waals surface area contributed by atoms with Gasteiger partial charge in [0.25, 0.3) is 5.56 Å². The first-order valence-corrected chi connectivity index (χ1v) is 7.74. The molecule has 1 fully saturated rings. The number of aromatic nitrogens is 2. The van der Waals surface area contributed by atoms with Crippen molar-refractivity contribution >= 4 is 12.2 Å². The highest BCUT2D eigenvalue weighted by Crippen LogP contribution is 2.32. The molecule has 0 saturated heterocycles. The van der Waals surface area contributed by atoms with Gasteiger partial charge < -0.3 is 4.90 Å². The minimum absolute atomic E-state index is 0.0888. The average molecular weight is 330 g/mol. The van der Waals surface area contributed by atoms with Crippen LogP contribution in [0.5, 0.6) is 0 Å². The highest BCUT2D eigenvalue weighted by molar-refractivity contribution is 5.60. The van der Waals surface area contributed by atoms with Crippen LogP contribution in [0.15, 0.2) is 38.8 Å². The van der Waals surface area contributed by atoms with Crippen LogP contribution in [0.4, 0.5) is 10.2 Å². The molecule has 126 valence electrons. The smallest absolute Gasteiger partial charge is 0.337 e. The Morgan fingerprint density at radius 2 is 1.96 bits per heavy atom. The Labute approximate surface area is 138 Å². The van der Waals surface area contributed by atoms with Gasteiger partial charge in [0.05, 0.1) is 12.0 Å². The van der Waals surface area contributed by atoms with Crippen LogP contribution in [0, 0.1) is 12.7 Å². The lowest BCUT2D eigenvalue weighted by atomic mass is 10.2. The third kappa shape index (κ3) is 3.02. The zero-order chi connectivity index (χ0) is 17.4. The van der Waals surface area contributed by atoms with Gasteiger partial charge in [-0.1, -0.05) is 6.07 Å². The number of halogens is 1. The first kappa shape index (κ1) is 16.2. The fourth-order valence-corrected chi connectivity index (χ4v) is 2.50. The van der Waals surface area contributed by atoms with E-state index in [9.17, 15) is 14.0 Å². The lowest BCUT2D eigenvalue weighted by Gasteiger charge is -2.14. The monoisotopic (exact) mass is 330 g/mol. The molecule has 0 N–H and O–H groups in total. The van der Waals surface area contributed by atoms with Crippen molar-refractivity contribution in [3.63, 3.8) is 0 Å². The second-order valence-electron chi connectivity index (χ2n) is 6.22. The van der Waals surface area contributed by atoms with Crippen molar-refractivity contribution in [1.29, 1.82) is 0 Å². The van der Waals surface area contributed by atoms with Crippen LogP contribution in [0.25, 0.3) is 5.69 Å². The van der Waals surface area contributed by atoms with E-state index in [0.29, 0.717) is 0 Å². The Kier molecular flexibility index (Phi) is 4.09. The molecule has 0 amide bonds. The summed E-state index contributed by atoms with van der Waals surface area (Å²) < 4.78 is 16.8. The lowest BCUT2D eigenvalue weighted by molar-refractivity contribution is 0.592. The summed E-state index contributed by atoms with van der Waals surface area (Å²) in [6.07, 6.45) is 3.04. The fourth-order valence-electron chi connectivity index (χ4n) is 2.50. The maximum absolute atomic E-state index is 14.4. The Hall–Kier alpha value is -2.70. The number of nitrogens with zero attached hydrogens (tertiary/aromatic N) is 4. The summed E-state index contributed by atoms with van der Waals surface area (Å²) in [5.41, 5.74) is -0.125. The molecular weight excluding hydrogens is 311 g/mol. The Bertz CT molecular complexity index is 923. The number of aryl methyl sites for hydroxylation is 1. The predicted octanol–water partition coefficient (Wildman–Crippen LogP) is 2.00. The topological polar surface area (TPSA) is 59.6 Å². The van der Waals surface area contributed by atoms with Crippen molar-refractivity contribution in [2.45, 2.75) is 25.8 Å². The normalized spacial score (nSPS) is 14.3. The van der Waals surface area contributed by atoms with Gasteiger partial charge in [-0.15, -0.1) is 0 Å². The van der Waals surface area contributed by atoms with Crippen LogP contribution in [-0.2, 0) is 0 Å². The molecular formula is C17H19FN4O2. The van der Waals surface area contributed by atoms with Gasteiger partial charge in [-0.2, -0.15) is 0 Å². The van der Waals surface area contributed by atoms with Gasteiger partial charge in [0, 0.05) is 26.2 Å². The molecule has 24 heavy (non-hydrogen) atoms. The fraction of sp³-hybridized carbons (Fsp3) is 0.353. The molecule has 3 rings (SSSR count). The van der Waals surface area contributed by atoms with Crippen molar-refractivity contribution in [1.82, 2.24) is 14.0 Å². The van der Waals surface area contributed by atoms with E-state index in [-0.39, 0.29) is 17.5 Å². The van der Waals surface area contributed by atoms with E-state index in [2.05, 4.69) is 4.99 Å². The zero-order valence-electron chi connectivity index (χ0n) is 13.9. The molecule has 1 saturated carbocycles. The van der Waals surface area contributed by atoms with Crippen molar-refractivity contribution in [3.8, 4) is 5.69 Å². The minimum Gasteiger partial charge on any atom is -0.369 e. The molecule has 7 heteroatoms. The molecule has 0 aliphatic heterocycles. The molecule has 1 heterocycles. The second kappa shape index (κ2) is 6.07. The van der Waals surface area contributed by atoms with E-state index < -0.39 is 17.1 Å². The molecule has 0 unspecified atom stereocenters. The van der Waals surface area contributed by atoms with E-state index in [1.807, 2.05) is 0 Å². The zero-order valence-corrected chi connectivity index (χ0v) is 13.9. The molecule has 1 aliphatic rings. The maximum atomic E-state index is 14.4. The van der Waals surface area contributed by atoms with E-state index in [1.54, 1.807) is 32.0 Å². The molecule has 0 bridgehead atoms. The summed E-state index contributed by atoms with van der Waals surface area (Å²) in [5, 5.41) is 0. The number of hydrogen-bond donors (Lipinski definition) is 0. The Balaban J connectivity index is 2.30. The van der Waals surface area contributed by atoms with Crippen molar-refractivity contribution in [2.24, 2.45) is 4.99 Å². The highest BCUT2D eigenvalue weighted by atomic mass is 19.1. The number of aliphatic imine (C=N–C) groups is 1. The van der Waals surface area contributed by atoms with Gasteiger partial charge in [0.15, 0.2) is 0 Å². The molecule has 2 aromatic rings. The summed E-state index contributed by atoms with van der Waals surface area (Å²) in [4.78, 5) is 31.0. The molecule has 0 radical (unpaired) electrons. The van der Waals surface area contributed by atoms with Crippen molar-refractivity contribution < 1.29 is 4.39 Å².